The molecular formula is C22H19F2NO4. The summed E-state index contributed by atoms with van der Waals surface area (Å²) in [6.07, 6.45) is -4.49. The van der Waals surface area contributed by atoms with Crippen molar-refractivity contribution >= 4 is 21.9 Å². The van der Waals surface area contributed by atoms with E-state index in [-0.39, 0.29) is 11.3 Å². The highest BCUT2D eigenvalue weighted by Crippen LogP contribution is 2.39. The number of nitrogens with zero attached hydrogens (tertiary/aromatic N) is 1. The van der Waals surface area contributed by atoms with Gasteiger partial charge in [0.2, 0.25) is 0 Å². The molecule has 150 valence electrons. The van der Waals surface area contributed by atoms with E-state index in [4.69, 9.17) is 14.1 Å². The molecule has 2 aromatic carbocycles. The molecule has 29 heavy (non-hydrogen) atoms. The van der Waals surface area contributed by atoms with Gasteiger partial charge in [-0.3, -0.25) is 0 Å². The number of aromatic nitrogens is 1. The molecule has 2 N–H and O–H groups in total. The fourth-order valence-electron chi connectivity index (χ4n) is 3.56. The Bertz CT molecular complexity index is 1200. The van der Waals surface area contributed by atoms with Crippen LogP contribution >= 0.6 is 0 Å². The molecule has 0 fully saturated rings. The van der Waals surface area contributed by atoms with E-state index in [0.29, 0.717) is 27.9 Å². The van der Waals surface area contributed by atoms with Crippen molar-refractivity contribution in [3.05, 3.63) is 59.4 Å². The highest BCUT2D eigenvalue weighted by atomic mass is 19.3. The normalized spacial score (nSPS) is 11.9. The predicted molar refractivity (Wildman–Crippen MR) is 105 cm³/mol. The van der Waals surface area contributed by atoms with Crippen LogP contribution in [-0.2, 0) is 0 Å². The maximum absolute atomic E-state index is 12.7. The van der Waals surface area contributed by atoms with Crippen molar-refractivity contribution in [2.24, 2.45) is 0 Å². The van der Waals surface area contributed by atoms with Crippen LogP contribution in [0.2, 0.25) is 0 Å². The lowest BCUT2D eigenvalue weighted by atomic mass is 9.99. The van der Waals surface area contributed by atoms with Crippen molar-refractivity contribution in [1.82, 2.24) is 4.98 Å². The fourth-order valence-corrected chi connectivity index (χ4v) is 3.56. The average molecular weight is 399 g/mol. The number of aliphatic hydroxyl groups is 2. The molecule has 5 nitrogen and oxygen atoms in total. The largest absolute Gasteiger partial charge is 0.487 e. The highest BCUT2D eigenvalue weighted by molar-refractivity contribution is 5.98. The molecule has 0 amide bonds. The second-order valence-electron chi connectivity index (χ2n) is 6.81. The molecule has 2 heterocycles. The maximum atomic E-state index is 12.7. The van der Waals surface area contributed by atoms with Gasteiger partial charge in [-0.2, -0.15) is 0 Å². The summed E-state index contributed by atoms with van der Waals surface area (Å²) in [5, 5.41) is 21.2. The van der Waals surface area contributed by atoms with Gasteiger partial charge in [0.05, 0.1) is 16.6 Å². The van der Waals surface area contributed by atoms with Crippen molar-refractivity contribution in [1.29, 1.82) is 0 Å². The van der Waals surface area contributed by atoms with Gasteiger partial charge < -0.3 is 19.4 Å². The highest BCUT2D eigenvalue weighted by Gasteiger charge is 2.21. The summed E-state index contributed by atoms with van der Waals surface area (Å²) in [5.74, 6) is 0.765. The van der Waals surface area contributed by atoms with Crippen molar-refractivity contribution in [3.8, 4) is 17.0 Å². The Morgan fingerprint density at radius 1 is 1.10 bits per heavy atom. The van der Waals surface area contributed by atoms with Gasteiger partial charge in [0.15, 0.2) is 6.29 Å². The Labute approximate surface area is 165 Å². The van der Waals surface area contributed by atoms with E-state index in [1.807, 2.05) is 38.1 Å². The predicted octanol–water partition coefficient (Wildman–Crippen LogP) is 4.89. The second kappa shape index (κ2) is 7.42. The van der Waals surface area contributed by atoms with E-state index < -0.39 is 19.3 Å². The lowest BCUT2D eigenvalue weighted by Crippen LogP contribution is -2.09. The molecular weight excluding hydrogens is 380 g/mol. The lowest BCUT2D eigenvalue weighted by Gasteiger charge is -2.16. The van der Waals surface area contributed by atoms with Gasteiger partial charge >= 0.3 is 0 Å². The van der Waals surface area contributed by atoms with Gasteiger partial charge in [-0.05, 0) is 37.6 Å². The maximum Gasteiger partial charge on any atom is 0.272 e. The van der Waals surface area contributed by atoms with Crippen LogP contribution in [0.4, 0.5) is 8.78 Å². The number of rotatable bonds is 5. The molecule has 0 aliphatic rings. The van der Waals surface area contributed by atoms with Crippen molar-refractivity contribution in [2.75, 3.05) is 6.61 Å². The third kappa shape index (κ3) is 3.43. The van der Waals surface area contributed by atoms with Gasteiger partial charge in [-0.1, -0.05) is 24.3 Å². The monoisotopic (exact) mass is 399 g/mol. The summed E-state index contributed by atoms with van der Waals surface area (Å²) in [7, 11) is 0. The first-order chi connectivity index (χ1) is 13.9. The second-order valence-corrected chi connectivity index (χ2v) is 6.81. The summed E-state index contributed by atoms with van der Waals surface area (Å²) in [4.78, 5) is 4.71. The van der Waals surface area contributed by atoms with Crippen LogP contribution in [0.5, 0.6) is 5.75 Å². The SMILES string of the molecule is Cc1oc2ccccc2c1-c1cc(C(O)O)c2c(OCC(F)F)ccc(C)c2n1. The topological polar surface area (TPSA) is 75.7 Å². The van der Waals surface area contributed by atoms with Gasteiger partial charge in [0.1, 0.15) is 23.7 Å². The Kier molecular flexibility index (Phi) is 4.94. The number of benzene rings is 2. The molecule has 2 aromatic heterocycles. The fraction of sp³-hybridized carbons (Fsp3) is 0.227. The number of hydrogen-bond acceptors (Lipinski definition) is 5. The smallest absolute Gasteiger partial charge is 0.272 e. The average Bonchev–Trinajstić information content (AvgIpc) is 3.02. The van der Waals surface area contributed by atoms with Crippen molar-refractivity contribution in [2.45, 2.75) is 26.6 Å². The van der Waals surface area contributed by atoms with Crippen LogP contribution in [0.3, 0.4) is 0 Å². The Morgan fingerprint density at radius 3 is 2.59 bits per heavy atom. The van der Waals surface area contributed by atoms with Crippen LogP contribution in [0.1, 0.15) is 23.2 Å². The molecule has 0 spiro atoms. The van der Waals surface area contributed by atoms with Crippen LogP contribution in [0.25, 0.3) is 33.1 Å². The number of ether oxygens (including phenoxy) is 1. The van der Waals surface area contributed by atoms with E-state index in [1.54, 1.807) is 6.07 Å². The summed E-state index contributed by atoms with van der Waals surface area (Å²) in [6, 6.07) is 12.3. The molecule has 0 unspecified atom stereocenters. The zero-order valence-corrected chi connectivity index (χ0v) is 15.8. The number of furan rings is 1. The van der Waals surface area contributed by atoms with Gasteiger partial charge in [0, 0.05) is 16.5 Å². The molecule has 0 aliphatic heterocycles. The minimum Gasteiger partial charge on any atom is -0.487 e. The molecule has 0 bridgehead atoms. The first kappa shape index (κ1) is 19.3. The molecule has 0 saturated carbocycles. The number of pyridine rings is 1. The number of alkyl halides is 2. The van der Waals surface area contributed by atoms with E-state index in [1.165, 1.54) is 12.1 Å². The van der Waals surface area contributed by atoms with E-state index in [9.17, 15) is 19.0 Å². The first-order valence-corrected chi connectivity index (χ1v) is 9.06. The van der Waals surface area contributed by atoms with Crippen molar-refractivity contribution < 1.29 is 28.1 Å². The number of halogens is 2. The Morgan fingerprint density at radius 2 is 1.86 bits per heavy atom. The molecule has 0 atom stereocenters. The number of para-hydroxylation sites is 1. The molecule has 0 saturated heterocycles. The van der Waals surface area contributed by atoms with Crippen LogP contribution in [-0.4, -0.2) is 28.2 Å². The van der Waals surface area contributed by atoms with Gasteiger partial charge in [0.25, 0.3) is 6.43 Å². The number of fused-ring (bicyclic) bond motifs is 2. The van der Waals surface area contributed by atoms with E-state index in [2.05, 4.69) is 0 Å². The van der Waals surface area contributed by atoms with E-state index >= 15 is 0 Å². The van der Waals surface area contributed by atoms with Crippen molar-refractivity contribution in [3.63, 3.8) is 0 Å². The number of aryl methyl sites for hydroxylation is 2. The number of aliphatic hydroxyl groups excluding tert-OH is 1. The molecule has 0 aliphatic carbocycles. The Balaban J connectivity index is 2.00. The zero-order chi connectivity index (χ0) is 20.7. The third-order valence-electron chi connectivity index (χ3n) is 4.83. The standard InChI is InChI=1S/C22H19F2NO4/c1-11-7-8-17(28-10-18(23)24)20-14(22(26)27)9-15(25-21(11)20)19-12(2)29-16-6-4-3-5-13(16)19/h3-9,18,22,26-27H,10H2,1-2H3. The van der Waals surface area contributed by atoms with Gasteiger partial charge in [-0.15, -0.1) is 0 Å². The lowest BCUT2D eigenvalue weighted by molar-refractivity contribution is -0.0414. The Hall–Kier alpha value is -3.03. The van der Waals surface area contributed by atoms with Gasteiger partial charge in [-0.25, -0.2) is 13.8 Å². The molecule has 4 rings (SSSR count). The minimum absolute atomic E-state index is 0.127. The third-order valence-corrected chi connectivity index (χ3v) is 4.83. The molecule has 0 radical (unpaired) electrons. The van der Waals surface area contributed by atoms with E-state index in [0.717, 1.165) is 16.5 Å². The van der Waals surface area contributed by atoms with Crippen LogP contribution in [0.15, 0.2) is 46.9 Å². The summed E-state index contributed by atoms with van der Waals surface area (Å²) >= 11 is 0. The summed E-state index contributed by atoms with van der Waals surface area (Å²) in [5.41, 5.74) is 3.25. The summed E-state index contributed by atoms with van der Waals surface area (Å²) < 4.78 is 36.3. The number of hydrogen-bond donors (Lipinski definition) is 2. The summed E-state index contributed by atoms with van der Waals surface area (Å²) in [6.45, 7) is 2.82. The zero-order valence-electron chi connectivity index (χ0n) is 15.8. The van der Waals surface area contributed by atoms with Crippen LogP contribution in [0, 0.1) is 13.8 Å². The minimum atomic E-state index is -2.65. The first-order valence-electron chi connectivity index (χ1n) is 9.06. The molecule has 7 heteroatoms. The molecule has 4 aromatic rings. The van der Waals surface area contributed by atoms with Crippen LogP contribution < -0.4 is 4.74 Å². The quantitative estimate of drug-likeness (QED) is 0.467.